The van der Waals surface area contributed by atoms with Crippen LogP contribution in [0, 0.1) is 6.92 Å². The number of benzene rings is 4. The first-order valence-corrected chi connectivity index (χ1v) is 9.70. The molecule has 0 fully saturated rings. The van der Waals surface area contributed by atoms with Crippen LogP contribution < -0.4 is 0 Å². The van der Waals surface area contributed by atoms with Gasteiger partial charge in [0.25, 0.3) is 0 Å². The van der Waals surface area contributed by atoms with Crippen LogP contribution >= 0.6 is 11.3 Å². The van der Waals surface area contributed by atoms with Gasteiger partial charge in [0.15, 0.2) is 0 Å². The summed E-state index contributed by atoms with van der Waals surface area (Å²) in [6.07, 6.45) is 0. The van der Waals surface area contributed by atoms with Crippen molar-refractivity contribution in [2.45, 2.75) is 6.92 Å². The third kappa shape index (κ3) is 2.36. The lowest BCUT2D eigenvalue weighted by Gasteiger charge is -2.13. The van der Waals surface area contributed by atoms with Gasteiger partial charge in [-0.15, -0.1) is 11.3 Å². The highest BCUT2D eigenvalue weighted by molar-refractivity contribution is 7.26. The molecule has 1 heteroatoms. The molecule has 0 saturated heterocycles. The molecule has 0 aliphatic carbocycles. The van der Waals surface area contributed by atoms with Crippen molar-refractivity contribution in [3.8, 4) is 22.3 Å². The highest BCUT2D eigenvalue weighted by Crippen LogP contribution is 2.42. The van der Waals surface area contributed by atoms with Crippen LogP contribution in [0.5, 0.6) is 0 Å². The first kappa shape index (κ1) is 15.4. The molecule has 5 aromatic rings. The molecule has 0 amide bonds. The smallest absolute Gasteiger partial charge is 0.0434 e. The van der Waals surface area contributed by atoms with E-state index >= 15 is 0 Å². The molecule has 0 nitrogen and oxygen atoms in total. The number of rotatable bonds is 2. The van der Waals surface area contributed by atoms with Crippen molar-refractivity contribution in [3.63, 3.8) is 0 Å². The number of hydrogen-bond donors (Lipinski definition) is 0. The third-order valence-electron chi connectivity index (χ3n) is 5.06. The van der Waals surface area contributed by atoms with Crippen molar-refractivity contribution in [1.29, 1.82) is 0 Å². The van der Waals surface area contributed by atoms with E-state index in [-0.39, 0.29) is 0 Å². The lowest BCUT2D eigenvalue weighted by molar-refractivity contribution is 1.46. The number of fused-ring (bicyclic) bond motifs is 3. The third-order valence-corrected chi connectivity index (χ3v) is 6.28. The Kier molecular flexibility index (Phi) is 3.62. The molecule has 124 valence electrons. The summed E-state index contributed by atoms with van der Waals surface area (Å²) in [7, 11) is 0. The molecular formula is C25H18S. The molecule has 0 radical (unpaired) electrons. The summed E-state index contributed by atoms with van der Waals surface area (Å²) in [5, 5.41) is 2.70. The minimum absolute atomic E-state index is 1.30. The maximum Gasteiger partial charge on any atom is 0.0434 e. The molecule has 5 rings (SSSR count). The van der Waals surface area contributed by atoms with Crippen LogP contribution in [0.2, 0.25) is 0 Å². The second kappa shape index (κ2) is 6.12. The molecule has 4 aromatic carbocycles. The SMILES string of the molecule is Cc1ccccc1-c1ccccc1-c1cccc2c1sc1ccccc12. The van der Waals surface area contributed by atoms with E-state index in [0.29, 0.717) is 0 Å². The molecular weight excluding hydrogens is 332 g/mol. The van der Waals surface area contributed by atoms with Crippen molar-refractivity contribution < 1.29 is 0 Å². The normalized spacial score (nSPS) is 11.3. The Morgan fingerprint density at radius 2 is 1.08 bits per heavy atom. The monoisotopic (exact) mass is 350 g/mol. The number of hydrogen-bond acceptors (Lipinski definition) is 1. The lowest BCUT2D eigenvalue weighted by Crippen LogP contribution is -1.87. The molecule has 0 aliphatic rings. The summed E-state index contributed by atoms with van der Waals surface area (Å²) >= 11 is 1.89. The molecule has 1 aromatic heterocycles. The first-order chi connectivity index (χ1) is 12.8. The van der Waals surface area contributed by atoms with Gasteiger partial charge in [0.05, 0.1) is 0 Å². The molecule has 0 aliphatic heterocycles. The Hall–Kier alpha value is -2.90. The van der Waals surface area contributed by atoms with Gasteiger partial charge in [0.1, 0.15) is 0 Å². The van der Waals surface area contributed by atoms with Crippen LogP contribution in [-0.2, 0) is 0 Å². The fourth-order valence-electron chi connectivity index (χ4n) is 3.79. The molecule has 0 saturated carbocycles. The minimum atomic E-state index is 1.30. The summed E-state index contributed by atoms with van der Waals surface area (Å²) in [5.41, 5.74) is 6.54. The quantitative estimate of drug-likeness (QED) is 0.306. The highest BCUT2D eigenvalue weighted by Gasteiger charge is 2.14. The summed E-state index contributed by atoms with van der Waals surface area (Å²) in [4.78, 5) is 0. The highest BCUT2D eigenvalue weighted by atomic mass is 32.1. The van der Waals surface area contributed by atoms with Gasteiger partial charge in [-0.3, -0.25) is 0 Å². The van der Waals surface area contributed by atoms with Crippen LogP contribution in [0.1, 0.15) is 5.56 Å². The van der Waals surface area contributed by atoms with Gasteiger partial charge >= 0.3 is 0 Å². The van der Waals surface area contributed by atoms with E-state index in [0.717, 1.165) is 0 Å². The second-order valence-corrected chi connectivity index (χ2v) is 7.69. The van der Waals surface area contributed by atoms with E-state index in [1.54, 1.807) is 0 Å². The summed E-state index contributed by atoms with van der Waals surface area (Å²) < 4.78 is 2.72. The fraction of sp³-hybridized carbons (Fsp3) is 0.0400. The van der Waals surface area contributed by atoms with Gasteiger partial charge < -0.3 is 0 Å². The van der Waals surface area contributed by atoms with Gasteiger partial charge in [-0.1, -0.05) is 84.9 Å². The predicted octanol–water partition coefficient (Wildman–Crippen LogP) is 7.70. The first-order valence-electron chi connectivity index (χ1n) is 8.88. The predicted molar refractivity (Wildman–Crippen MR) is 115 cm³/mol. The van der Waals surface area contributed by atoms with Crippen LogP contribution in [-0.4, -0.2) is 0 Å². The van der Waals surface area contributed by atoms with Gasteiger partial charge in [0, 0.05) is 25.7 Å². The number of aryl methyl sites for hydroxylation is 1. The maximum atomic E-state index is 2.26. The minimum Gasteiger partial charge on any atom is -0.135 e. The van der Waals surface area contributed by atoms with Crippen LogP contribution in [0.3, 0.4) is 0 Å². The van der Waals surface area contributed by atoms with Crippen LogP contribution in [0.25, 0.3) is 42.4 Å². The van der Waals surface area contributed by atoms with E-state index in [1.807, 2.05) is 11.3 Å². The summed E-state index contributed by atoms with van der Waals surface area (Å²) in [6.45, 7) is 2.19. The second-order valence-electron chi connectivity index (χ2n) is 6.64. The van der Waals surface area contributed by atoms with Crippen LogP contribution in [0.15, 0.2) is 91.0 Å². The molecule has 0 atom stereocenters. The van der Waals surface area contributed by atoms with Crippen molar-refractivity contribution in [2.24, 2.45) is 0 Å². The molecule has 0 bridgehead atoms. The standard InChI is InChI=1S/C25H18S/c1-17-9-2-3-10-18(17)19-11-4-5-12-20(19)22-14-8-15-23-21-13-6-7-16-24(21)26-25(22)23/h2-16H,1H3. The largest absolute Gasteiger partial charge is 0.135 e. The van der Waals surface area contributed by atoms with Crippen molar-refractivity contribution in [1.82, 2.24) is 0 Å². The topological polar surface area (TPSA) is 0 Å². The zero-order valence-electron chi connectivity index (χ0n) is 14.6. The van der Waals surface area contributed by atoms with Crippen molar-refractivity contribution >= 4 is 31.5 Å². The lowest BCUT2D eigenvalue weighted by atomic mass is 9.92. The van der Waals surface area contributed by atoms with Gasteiger partial charge in [-0.25, -0.2) is 0 Å². The molecule has 26 heavy (non-hydrogen) atoms. The van der Waals surface area contributed by atoms with Gasteiger partial charge in [-0.2, -0.15) is 0 Å². The van der Waals surface area contributed by atoms with E-state index in [4.69, 9.17) is 0 Å². The fourth-order valence-corrected chi connectivity index (χ4v) is 5.02. The molecule has 1 heterocycles. The molecule has 0 spiro atoms. The van der Waals surface area contributed by atoms with E-state index in [2.05, 4.69) is 97.9 Å². The Morgan fingerprint density at radius 3 is 1.88 bits per heavy atom. The van der Waals surface area contributed by atoms with Crippen molar-refractivity contribution in [3.05, 3.63) is 96.6 Å². The van der Waals surface area contributed by atoms with Gasteiger partial charge in [-0.05, 0) is 35.2 Å². The maximum absolute atomic E-state index is 2.26. The number of thiophene rings is 1. The zero-order valence-corrected chi connectivity index (χ0v) is 15.4. The Morgan fingerprint density at radius 1 is 0.500 bits per heavy atom. The summed E-state index contributed by atoms with van der Waals surface area (Å²) in [5.74, 6) is 0. The average Bonchev–Trinajstić information content (AvgIpc) is 3.07. The summed E-state index contributed by atoms with van der Waals surface area (Å²) in [6, 6.07) is 32.8. The van der Waals surface area contributed by atoms with Gasteiger partial charge in [0.2, 0.25) is 0 Å². The molecule has 0 unspecified atom stereocenters. The Labute approximate surface area is 157 Å². The van der Waals surface area contributed by atoms with Crippen molar-refractivity contribution in [2.75, 3.05) is 0 Å². The Bertz CT molecular complexity index is 1240. The zero-order chi connectivity index (χ0) is 17.5. The van der Waals surface area contributed by atoms with E-state index in [1.165, 1.54) is 48.0 Å². The Balaban J connectivity index is 1.84. The van der Waals surface area contributed by atoms with E-state index < -0.39 is 0 Å². The van der Waals surface area contributed by atoms with Crippen LogP contribution in [0.4, 0.5) is 0 Å². The average molecular weight is 350 g/mol. The van der Waals surface area contributed by atoms with E-state index in [9.17, 15) is 0 Å². The molecule has 0 N–H and O–H groups in total.